The molecule has 0 aliphatic carbocycles. The molecule has 0 aliphatic heterocycles. The van der Waals surface area contributed by atoms with Gasteiger partial charge in [-0.3, -0.25) is 4.84 Å². The van der Waals surface area contributed by atoms with Crippen LogP contribution in [0.25, 0.3) is 0 Å². The zero-order valence-corrected chi connectivity index (χ0v) is 8.08. The molecule has 0 aromatic carbocycles. The van der Waals surface area contributed by atoms with E-state index in [1.807, 2.05) is 20.8 Å². The number of nitrogens with zero attached hydrogens (tertiary/aromatic N) is 1. The van der Waals surface area contributed by atoms with E-state index in [1.54, 1.807) is 5.06 Å². The van der Waals surface area contributed by atoms with Gasteiger partial charge in [-0.05, 0) is 20.8 Å². The van der Waals surface area contributed by atoms with Gasteiger partial charge < -0.3 is 10.2 Å². The van der Waals surface area contributed by atoms with Crippen molar-refractivity contribution in [3.8, 4) is 0 Å². The first-order valence-electron chi connectivity index (χ1n) is 4.15. The fourth-order valence-electron chi connectivity index (χ4n) is 0.813. The third-order valence-electron chi connectivity index (χ3n) is 1.10. The van der Waals surface area contributed by atoms with Crippen LogP contribution in [0.3, 0.4) is 0 Å². The van der Waals surface area contributed by atoms with Gasteiger partial charge in [0.05, 0.1) is 18.8 Å². The fraction of sp³-hybridized carbons (Fsp3) is 1.00. The highest BCUT2D eigenvalue weighted by atomic mass is 16.7. The number of hydroxylamine groups is 2. The minimum absolute atomic E-state index is 0.0378. The average molecular weight is 177 g/mol. The van der Waals surface area contributed by atoms with Gasteiger partial charge in [0.15, 0.2) is 0 Å². The van der Waals surface area contributed by atoms with Gasteiger partial charge in [-0.1, -0.05) is 0 Å². The lowest BCUT2D eigenvalue weighted by Crippen LogP contribution is -2.37. The number of aliphatic hydroxyl groups is 2. The van der Waals surface area contributed by atoms with Crippen molar-refractivity contribution >= 4 is 0 Å². The van der Waals surface area contributed by atoms with E-state index in [9.17, 15) is 0 Å². The molecule has 74 valence electrons. The number of hydrogen-bond acceptors (Lipinski definition) is 4. The summed E-state index contributed by atoms with van der Waals surface area (Å²) in [6, 6.07) is 0. The topological polar surface area (TPSA) is 52.9 Å². The van der Waals surface area contributed by atoms with E-state index in [0.29, 0.717) is 13.1 Å². The molecular weight excluding hydrogens is 158 g/mol. The molecule has 0 heterocycles. The highest BCUT2D eigenvalue weighted by molar-refractivity contribution is 4.58. The summed E-state index contributed by atoms with van der Waals surface area (Å²) in [7, 11) is 0. The minimum atomic E-state index is -0.273. The molecule has 2 N–H and O–H groups in total. The van der Waals surface area contributed by atoms with Gasteiger partial charge in [-0.2, -0.15) is 5.06 Å². The Kier molecular flexibility index (Phi) is 5.41. The maximum atomic E-state index is 8.66. The number of aliphatic hydroxyl groups excluding tert-OH is 2. The SMILES string of the molecule is CC(C)(C)ON(CCO)CCO. The quantitative estimate of drug-likeness (QED) is 0.581. The van der Waals surface area contributed by atoms with E-state index in [4.69, 9.17) is 15.1 Å². The van der Waals surface area contributed by atoms with Gasteiger partial charge in [-0.25, -0.2) is 0 Å². The smallest absolute Gasteiger partial charge is 0.0815 e. The van der Waals surface area contributed by atoms with E-state index < -0.39 is 0 Å². The van der Waals surface area contributed by atoms with Crippen molar-refractivity contribution in [1.82, 2.24) is 5.06 Å². The molecule has 0 amide bonds. The van der Waals surface area contributed by atoms with Crippen molar-refractivity contribution in [2.75, 3.05) is 26.3 Å². The van der Waals surface area contributed by atoms with E-state index in [0.717, 1.165) is 0 Å². The van der Waals surface area contributed by atoms with Crippen LogP contribution in [0.4, 0.5) is 0 Å². The highest BCUT2D eigenvalue weighted by Crippen LogP contribution is 2.09. The molecular formula is C8H19NO3. The summed E-state index contributed by atoms with van der Waals surface area (Å²) in [4.78, 5) is 5.43. The monoisotopic (exact) mass is 177 g/mol. The van der Waals surface area contributed by atoms with Gasteiger partial charge in [0, 0.05) is 13.1 Å². The second kappa shape index (κ2) is 5.48. The second-order valence-electron chi connectivity index (χ2n) is 3.58. The molecule has 0 rings (SSSR count). The van der Waals surface area contributed by atoms with Gasteiger partial charge in [0.25, 0.3) is 0 Å². The van der Waals surface area contributed by atoms with Crippen LogP contribution in [0, 0.1) is 0 Å². The number of rotatable bonds is 5. The van der Waals surface area contributed by atoms with Crippen molar-refractivity contribution in [2.24, 2.45) is 0 Å². The Labute approximate surface area is 73.7 Å². The van der Waals surface area contributed by atoms with Crippen LogP contribution in [-0.4, -0.2) is 47.2 Å². The largest absolute Gasteiger partial charge is 0.395 e. The molecule has 4 nitrogen and oxygen atoms in total. The lowest BCUT2D eigenvalue weighted by Gasteiger charge is -2.28. The molecule has 0 fully saturated rings. The van der Waals surface area contributed by atoms with Crippen LogP contribution in [0.5, 0.6) is 0 Å². The third-order valence-corrected chi connectivity index (χ3v) is 1.10. The lowest BCUT2D eigenvalue weighted by molar-refractivity contribution is -0.234. The van der Waals surface area contributed by atoms with Crippen molar-refractivity contribution < 1.29 is 15.1 Å². The third kappa shape index (κ3) is 6.54. The molecule has 0 aromatic rings. The van der Waals surface area contributed by atoms with Crippen LogP contribution in [-0.2, 0) is 4.84 Å². The second-order valence-corrected chi connectivity index (χ2v) is 3.58. The highest BCUT2D eigenvalue weighted by Gasteiger charge is 2.15. The molecule has 0 spiro atoms. The predicted molar refractivity (Wildman–Crippen MR) is 46.6 cm³/mol. The zero-order valence-electron chi connectivity index (χ0n) is 8.08. The van der Waals surface area contributed by atoms with E-state index in [-0.39, 0.29) is 18.8 Å². The lowest BCUT2D eigenvalue weighted by atomic mass is 10.2. The van der Waals surface area contributed by atoms with Crippen LogP contribution in [0.15, 0.2) is 0 Å². The summed E-state index contributed by atoms with van der Waals surface area (Å²) in [5, 5.41) is 18.9. The molecule has 0 aromatic heterocycles. The fourth-order valence-corrected chi connectivity index (χ4v) is 0.813. The van der Waals surface area contributed by atoms with Crippen molar-refractivity contribution in [3.63, 3.8) is 0 Å². The Hall–Kier alpha value is -0.160. The molecule has 4 heteroatoms. The van der Waals surface area contributed by atoms with Crippen molar-refractivity contribution in [1.29, 1.82) is 0 Å². The zero-order chi connectivity index (χ0) is 9.61. The maximum Gasteiger partial charge on any atom is 0.0815 e. The summed E-state index contributed by atoms with van der Waals surface area (Å²) >= 11 is 0. The molecule has 12 heavy (non-hydrogen) atoms. The summed E-state index contributed by atoms with van der Waals surface area (Å²) in [5.74, 6) is 0. The Morgan fingerprint density at radius 2 is 1.50 bits per heavy atom. The molecule has 0 saturated heterocycles. The van der Waals surface area contributed by atoms with Gasteiger partial charge in [-0.15, -0.1) is 0 Å². The molecule has 0 radical (unpaired) electrons. The summed E-state index contributed by atoms with van der Waals surface area (Å²) in [6.45, 7) is 6.71. The average Bonchev–Trinajstić information content (AvgIpc) is 1.84. The summed E-state index contributed by atoms with van der Waals surface area (Å²) in [6.07, 6.45) is 0. The molecule has 0 aliphatic rings. The Morgan fingerprint density at radius 1 is 1.08 bits per heavy atom. The van der Waals surface area contributed by atoms with Crippen LogP contribution >= 0.6 is 0 Å². The van der Waals surface area contributed by atoms with Gasteiger partial charge in [0.2, 0.25) is 0 Å². The first-order chi connectivity index (χ1) is 5.49. The first kappa shape index (κ1) is 11.8. The molecule has 0 bridgehead atoms. The normalized spacial score (nSPS) is 12.5. The van der Waals surface area contributed by atoms with E-state index in [2.05, 4.69) is 0 Å². The molecule has 0 saturated carbocycles. The van der Waals surface area contributed by atoms with Crippen molar-refractivity contribution in [2.45, 2.75) is 26.4 Å². The maximum absolute atomic E-state index is 8.66. The summed E-state index contributed by atoms with van der Waals surface area (Å²) < 4.78 is 0. The van der Waals surface area contributed by atoms with Gasteiger partial charge in [0.1, 0.15) is 0 Å². The Bertz CT molecular complexity index is 105. The Morgan fingerprint density at radius 3 is 1.75 bits per heavy atom. The predicted octanol–water partition coefficient (Wildman–Crippen LogP) is 0.00310. The van der Waals surface area contributed by atoms with E-state index >= 15 is 0 Å². The van der Waals surface area contributed by atoms with Gasteiger partial charge >= 0.3 is 0 Å². The first-order valence-corrected chi connectivity index (χ1v) is 4.15. The Balaban J connectivity index is 3.77. The molecule has 0 unspecified atom stereocenters. The standard InChI is InChI=1S/C8H19NO3/c1-8(2,3)12-9(4-6-10)5-7-11/h10-11H,4-7H2,1-3H3. The van der Waals surface area contributed by atoms with Crippen LogP contribution in [0.1, 0.15) is 20.8 Å². The van der Waals surface area contributed by atoms with E-state index in [1.165, 1.54) is 0 Å². The minimum Gasteiger partial charge on any atom is -0.395 e. The summed E-state index contributed by atoms with van der Waals surface area (Å²) in [5.41, 5.74) is -0.273. The number of hydrogen-bond donors (Lipinski definition) is 2. The van der Waals surface area contributed by atoms with Crippen molar-refractivity contribution in [3.05, 3.63) is 0 Å². The van der Waals surface area contributed by atoms with Crippen LogP contribution in [0.2, 0.25) is 0 Å². The molecule has 0 atom stereocenters. The van der Waals surface area contributed by atoms with Crippen LogP contribution < -0.4 is 0 Å².